The Labute approximate surface area is 192 Å². The predicted molar refractivity (Wildman–Crippen MR) is 129 cm³/mol. The van der Waals surface area contributed by atoms with Crippen molar-refractivity contribution in [3.05, 3.63) is 59.2 Å². The average molecular weight is 440 g/mol. The fourth-order valence-corrected chi connectivity index (χ4v) is 4.17. The van der Waals surface area contributed by atoms with Crippen LogP contribution >= 0.6 is 0 Å². The highest BCUT2D eigenvalue weighted by atomic mass is 16.5. The molecule has 3 rings (SSSR count). The zero-order valence-electron chi connectivity index (χ0n) is 19.9. The first kappa shape index (κ1) is 24.1. The predicted octanol–water partition coefficient (Wildman–Crippen LogP) is 3.26. The second kappa shape index (κ2) is 10.8. The first-order valence-electron chi connectivity index (χ1n) is 11.5. The summed E-state index contributed by atoms with van der Waals surface area (Å²) in [7, 11) is 1.95. The summed E-state index contributed by atoms with van der Waals surface area (Å²) in [6.07, 6.45) is 0.582. The van der Waals surface area contributed by atoms with Crippen LogP contribution in [0.3, 0.4) is 0 Å². The molecule has 6 heteroatoms. The molecule has 0 bridgehead atoms. The van der Waals surface area contributed by atoms with Crippen LogP contribution in [0.5, 0.6) is 5.75 Å². The van der Waals surface area contributed by atoms with Gasteiger partial charge >= 0.3 is 0 Å². The Morgan fingerprint density at radius 3 is 2.44 bits per heavy atom. The standard InChI is InChI=1S/C26H37N3O3/c1-17(2)25-26(31)28-22(15-30)12-21-10-11-23(13-24(21)29(25)5)32-16-20-8-6-19(7-9-20)14-27-18(3)4/h6-11,13,17-18,22,25,27,30H,12,14-16H2,1-5H3,(H,28,31)/t22-,25-/m0/s1. The highest BCUT2D eigenvalue weighted by Gasteiger charge is 2.32. The molecule has 0 aliphatic carbocycles. The molecule has 0 radical (unpaired) electrons. The molecule has 0 saturated heterocycles. The maximum Gasteiger partial charge on any atom is 0.243 e. The van der Waals surface area contributed by atoms with Crippen molar-refractivity contribution in [3.8, 4) is 5.75 Å². The molecule has 0 spiro atoms. The van der Waals surface area contributed by atoms with Crippen molar-refractivity contribution < 1.29 is 14.6 Å². The van der Waals surface area contributed by atoms with E-state index in [2.05, 4.69) is 48.7 Å². The largest absolute Gasteiger partial charge is 0.489 e. The maximum atomic E-state index is 12.8. The van der Waals surface area contributed by atoms with Gasteiger partial charge in [0.15, 0.2) is 0 Å². The van der Waals surface area contributed by atoms with Crippen LogP contribution < -0.4 is 20.3 Å². The third-order valence-electron chi connectivity index (χ3n) is 5.93. The van der Waals surface area contributed by atoms with E-state index in [0.717, 1.165) is 29.1 Å². The SMILES string of the molecule is CC(C)NCc1ccc(COc2ccc3c(c2)N(C)[C@@H](C(C)C)C(=O)N[C@H](CO)C3)cc1. The van der Waals surface area contributed by atoms with Gasteiger partial charge in [-0.25, -0.2) is 0 Å². The van der Waals surface area contributed by atoms with Gasteiger partial charge in [0.1, 0.15) is 18.4 Å². The Morgan fingerprint density at radius 1 is 1.12 bits per heavy atom. The molecular weight excluding hydrogens is 402 g/mol. The number of aliphatic hydroxyl groups is 1. The van der Waals surface area contributed by atoms with Gasteiger partial charge in [0.05, 0.1) is 12.6 Å². The van der Waals surface area contributed by atoms with Gasteiger partial charge in [0, 0.05) is 31.4 Å². The number of fused-ring (bicyclic) bond motifs is 1. The zero-order valence-corrected chi connectivity index (χ0v) is 19.9. The topological polar surface area (TPSA) is 73.8 Å². The quantitative estimate of drug-likeness (QED) is 0.589. The van der Waals surface area contributed by atoms with Crippen LogP contribution in [-0.2, 0) is 24.4 Å². The molecule has 0 saturated carbocycles. The smallest absolute Gasteiger partial charge is 0.243 e. The van der Waals surface area contributed by atoms with Crippen LogP contribution in [-0.4, -0.2) is 42.8 Å². The van der Waals surface area contributed by atoms with Crippen LogP contribution in [0.4, 0.5) is 5.69 Å². The number of aliphatic hydroxyl groups excluding tert-OH is 1. The third kappa shape index (κ3) is 6.02. The van der Waals surface area contributed by atoms with E-state index in [1.807, 2.05) is 44.0 Å². The molecule has 3 N–H and O–H groups in total. The molecule has 174 valence electrons. The number of carbonyl (C=O) groups excluding carboxylic acids is 1. The minimum absolute atomic E-state index is 0.0504. The molecule has 0 aromatic heterocycles. The Kier molecular flexibility index (Phi) is 8.15. The second-order valence-corrected chi connectivity index (χ2v) is 9.32. The van der Waals surface area contributed by atoms with E-state index < -0.39 is 0 Å². The van der Waals surface area contributed by atoms with Crippen molar-refractivity contribution in [1.82, 2.24) is 10.6 Å². The Balaban J connectivity index is 1.75. The number of carbonyl (C=O) groups is 1. The Bertz CT molecular complexity index is 896. The minimum Gasteiger partial charge on any atom is -0.489 e. The Morgan fingerprint density at radius 2 is 1.81 bits per heavy atom. The number of likely N-dealkylation sites (N-methyl/N-ethyl adjacent to an activating group) is 1. The highest BCUT2D eigenvalue weighted by Crippen LogP contribution is 2.31. The van der Waals surface area contributed by atoms with Gasteiger partial charge in [0.25, 0.3) is 0 Å². The average Bonchev–Trinajstić information content (AvgIpc) is 2.76. The number of nitrogens with one attached hydrogen (secondary N) is 2. The van der Waals surface area contributed by atoms with Gasteiger partial charge in [-0.1, -0.05) is 58.0 Å². The first-order valence-corrected chi connectivity index (χ1v) is 11.5. The van der Waals surface area contributed by atoms with Crippen molar-refractivity contribution >= 4 is 11.6 Å². The van der Waals surface area contributed by atoms with E-state index in [1.165, 1.54) is 5.56 Å². The van der Waals surface area contributed by atoms with Crippen molar-refractivity contribution in [2.45, 2.75) is 65.4 Å². The number of rotatable bonds is 8. The van der Waals surface area contributed by atoms with E-state index in [9.17, 15) is 9.90 Å². The molecule has 1 aliphatic heterocycles. The summed E-state index contributed by atoms with van der Waals surface area (Å²) in [6, 6.07) is 14.3. The molecule has 0 unspecified atom stereocenters. The number of hydrogen-bond donors (Lipinski definition) is 3. The van der Waals surface area contributed by atoms with Crippen LogP contribution in [0.15, 0.2) is 42.5 Å². The number of ether oxygens (including phenoxy) is 1. The molecule has 1 amide bonds. The van der Waals surface area contributed by atoms with E-state index in [1.54, 1.807) is 0 Å². The summed E-state index contributed by atoms with van der Waals surface area (Å²) in [5, 5.41) is 16.1. The second-order valence-electron chi connectivity index (χ2n) is 9.32. The van der Waals surface area contributed by atoms with E-state index in [0.29, 0.717) is 19.1 Å². The molecule has 2 atom stereocenters. The highest BCUT2D eigenvalue weighted by molar-refractivity contribution is 5.86. The third-order valence-corrected chi connectivity index (χ3v) is 5.93. The van der Waals surface area contributed by atoms with Crippen LogP contribution in [0.25, 0.3) is 0 Å². The van der Waals surface area contributed by atoms with Crippen LogP contribution in [0.1, 0.15) is 44.4 Å². The summed E-state index contributed by atoms with van der Waals surface area (Å²) in [5.74, 6) is 0.842. The number of benzene rings is 2. The molecular formula is C26H37N3O3. The molecule has 1 heterocycles. The number of nitrogens with zero attached hydrogens (tertiary/aromatic N) is 1. The monoisotopic (exact) mass is 439 g/mol. The lowest BCUT2D eigenvalue weighted by atomic mass is 9.95. The normalized spacial score (nSPS) is 18.9. The lowest BCUT2D eigenvalue weighted by Gasteiger charge is -2.37. The fourth-order valence-electron chi connectivity index (χ4n) is 4.17. The van der Waals surface area contributed by atoms with Crippen LogP contribution in [0, 0.1) is 5.92 Å². The Hall–Kier alpha value is -2.57. The van der Waals surface area contributed by atoms with E-state index in [4.69, 9.17) is 4.74 Å². The number of anilines is 1. The molecule has 2 aromatic rings. The molecule has 0 fully saturated rings. The van der Waals surface area contributed by atoms with E-state index in [-0.39, 0.29) is 30.5 Å². The van der Waals surface area contributed by atoms with Gasteiger partial charge in [-0.05, 0) is 35.1 Å². The first-order chi connectivity index (χ1) is 15.3. The number of hydrogen-bond acceptors (Lipinski definition) is 5. The van der Waals surface area contributed by atoms with Crippen molar-refractivity contribution in [1.29, 1.82) is 0 Å². The van der Waals surface area contributed by atoms with Gasteiger partial charge in [-0.2, -0.15) is 0 Å². The van der Waals surface area contributed by atoms with Crippen molar-refractivity contribution in [2.75, 3.05) is 18.6 Å². The maximum absolute atomic E-state index is 12.8. The lowest BCUT2D eigenvalue weighted by molar-refractivity contribution is -0.124. The van der Waals surface area contributed by atoms with Gasteiger partial charge < -0.3 is 25.4 Å². The van der Waals surface area contributed by atoms with Crippen molar-refractivity contribution in [3.63, 3.8) is 0 Å². The van der Waals surface area contributed by atoms with E-state index >= 15 is 0 Å². The van der Waals surface area contributed by atoms with Crippen LogP contribution in [0.2, 0.25) is 0 Å². The van der Waals surface area contributed by atoms with Gasteiger partial charge in [0.2, 0.25) is 5.91 Å². The fraction of sp³-hybridized carbons (Fsp3) is 0.500. The van der Waals surface area contributed by atoms with Crippen molar-refractivity contribution in [2.24, 2.45) is 5.92 Å². The minimum atomic E-state index is -0.314. The summed E-state index contributed by atoms with van der Waals surface area (Å²) < 4.78 is 6.10. The summed E-state index contributed by atoms with van der Waals surface area (Å²) in [5.41, 5.74) is 4.43. The molecule has 6 nitrogen and oxygen atoms in total. The zero-order chi connectivity index (χ0) is 23.3. The molecule has 32 heavy (non-hydrogen) atoms. The lowest BCUT2D eigenvalue weighted by Crippen LogP contribution is -2.54. The van der Waals surface area contributed by atoms with Gasteiger partial charge in [-0.3, -0.25) is 4.79 Å². The molecule has 2 aromatic carbocycles. The summed E-state index contributed by atoms with van der Waals surface area (Å²) >= 11 is 0. The summed E-state index contributed by atoms with van der Waals surface area (Å²) in [6.45, 7) is 9.61. The van der Waals surface area contributed by atoms with Gasteiger partial charge in [-0.15, -0.1) is 0 Å². The number of amides is 1. The molecule has 1 aliphatic rings. The summed E-state index contributed by atoms with van der Waals surface area (Å²) in [4.78, 5) is 14.8.